The second-order valence-corrected chi connectivity index (χ2v) is 4.21. The quantitative estimate of drug-likeness (QED) is 0.628. The SMILES string of the molecule is CN1CC2(CCCNC2)CC1=O.Cl. The van der Waals surface area contributed by atoms with Crippen molar-refractivity contribution in [2.75, 3.05) is 26.7 Å². The number of piperidine rings is 1. The maximum atomic E-state index is 11.3. The van der Waals surface area contributed by atoms with Gasteiger partial charge in [-0.2, -0.15) is 0 Å². The van der Waals surface area contributed by atoms with E-state index in [1.807, 2.05) is 11.9 Å². The Kier molecular flexibility index (Phi) is 3.19. The molecule has 0 saturated carbocycles. The van der Waals surface area contributed by atoms with Gasteiger partial charge in [0.15, 0.2) is 0 Å². The van der Waals surface area contributed by atoms with Crippen LogP contribution < -0.4 is 5.32 Å². The molecule has 4 heteroatoms. The van der Waals surface area contributed by atoms with E-state index in [4.69, 9.17) is 0 Å². The molecule has 1 unspecified atom stereocenters. The van der Waals surface area contributed by atoms with E-state index in [-0.39, 0.29) is 17.8 Å². The largest absolute Gasteiger partial charge is 0.345 e. The lowest BCUT2D eigenvalue weighted by Crippen LogP contribution is -2.41. The molecule has 0 aromatic heterocycles. The van der Waals surface area contributed by atoms with Gasteiger partial charge in [0.2, 0.25) is 5.91 Å². The third-order valence-electron chi connectivity index (χ3n) is 3.09. The van der Waals surface area contributed by atoms with E-state index in [1.165, 1.54) is 12.8 Å². The zero-order valence-corrected chi connectivity index (χ0v) is 8.82. The molecule has 3 nitrogen and oxygen atoms in total. The second kappa shape index (κ2) is 3.84. The van der Waals surface area contributed by atoms with Crippen molar-refractivity contribution in [3.05, 3.63) is 0 Å². The van der Waals surface area contributed by atoms with Crippen LogP contribution in [-0.2, 0) is 4.79 Å². The van der Waals surface area contributed by atoms with Gasteiger partial charge in [0.1, 0.15) is 0 Å². The fourth-order valence-corrected chi connectivity index (χ4v) is 2.42. The van der Waals surface area contributed by atoms with Crippen molar-refractivity contribution < 1.29 is 4.79 Å². The van der Waals surface area contributed by atoms with Crippen molar-refractivity contribution in [1.82, 2.24) is 10.2 Å². The Morgan fingerprint density at radius 1 is 1.54 bits per heavy atom. The Labute approximate surface area is 85.3 Å². The Morgan fingerprint density at radius 2 is 2.31 bits per heavy atom. The average molecular weight is 205 g/mol. The van der Waals surface area contributed by atoms with E-state index in [0.717, 1.165) is 26.1 Å². The van der Waals surface area contributed by atoms with Gasteiger partial charge in [-0.3, -0.25) is 4.79 Å². The Balaban J connectivity index is 0.000000845. The number of hydrogen-bond donors (Lipinski definition) is 1. The minimum atomic E-state index is 0. The summed E-state index contributed by atoms with van der Waals surface area (Å²) < 4.78 is 0. The molecular formula is C9H17ClN2O. The van der Waals surface area contributed by atoms with Crippen LogP contribution in [0, 0.1) is 5.41 Å². The summed E-state index contributed by atoms with van der Waals surface area (Å²) in [4.78, 5) is 13.2. The zero-order chi connectivity index (χ0) is 8.60. The number of amides is 1. The van der Waals surface area contributed by atoms with Crippen molar-refractivity contribution in [2.24, 2.45) is 5.41 Å². The van der Waals surface area contributed by atoms with Crippen LogP contribution in [0.4, 0.5) is 0 Å². The zero-order valence-electron chi connectivity index (χ0n) is 8.01. The number of nitrogens with zero attached hydrogens (tertiary/aromatic N) is 1. The standard InChI is InChI=1S/C9H16N2O.ClH/c1-11-7-9(5-8(11)12)3-2-4-10-6-9;/h10H,2-7H2,1H3;1H. The molecule has 1 N–H and O–H groups in total. The first-order valence-electron chi connectivity index (χ1n) is 4.67. The van der Waals surface area contributed by atoms with Crippen LogP contribution in [0.5, 0.6) is 0 Å². The highest BCUT2D eigenvalue weighted by molar-refractivity contribution is 5.85. The number of carbonyl (C=O) groups is 1. The van der Waals surface area contributed by atoms with Crippen molar-refractivity contribution in [3.63, 3.8) is 0 Å². The monoisotopic (exact) mass is 204 g/mol. The Morgan fingerprint density at radius 3 is 2.77 bits per heavy atom. The summed E-state index contributed by atoms with van der Waals surface area (Å²) in [5.41, 5.74) is 0.282. The summed E-state index contributed by atoms with van der Waals surface area (Å²) >= 11 is 0. The van der Waals surface area contributed by atoms with Gasteiger partial charge >= 0.3 is 0 Å². The highest BCUT2D eigenvalue weighted by Gasteiger charge is 2.41. The number of hydrogen-bond acceptors (Lipinski definition) is 2. The molecule has 0 aromatic carbocycles. The van der Waals surface area contributed by atoms with Crippen molar-refractivity contribution in [1.29, 1.82) is 0 Å². The molecule has 2 aliphatic rings. The second-order valence-electron chi connectivity index (χ2n) is 4.21. The van der Waals surface area contributed by atoms with Gasteiger partial charge in [0.25, 0.3) is 0 Å². The molecule has 1 spiro atoms. The lowest BCUT2D eigenvalue weighted by atomic mass is 9.80. The molecule has 2 aliphatic heterocycles. The van der Waals surface area contributed by atoms with Crippen molar-refractivity contribution in [2.45, 2.75) is 19.3 Å². The lowest BCUT2D eigenvalue weighted by Gasteiger charge is -2.32. The van der Waals surface area contributed by atoms with E-state index in [2.05, 4.69) is 5.32 Å². The summed E-state index contributed by atoms with van der Waals surface area (Å²) in [5, 5.41) is 3.38. The summed E-state index contributed by atoms with van der Waals surface area (Å²) in [7, 11) is 1.91. The Bertz CT molecular complexity index is 202. The smallest absolute Gasteiger partial charge is 0.223 e. The third kappa shape index (κ3) is 1.97. The van der Waals surface area contributed by atoms with Gasteiger partial charge < -0.3 is 10.2 Å². The van der Waals surface area contributed by atoms with Gasteiger partial charge in [-0.1, -0.05) is 0 Å². The highest BCUT2D eigenvalue weighted by atomic mass is 35.5. The number of rotatable bonds is 0. The minimum absolute atomic E-state index is 0. The van der Waals surface area contributed by atoms with Gasteiger partial charge in [0.05, 0.1) is 0 Å². The van der Waals surface area contributed by atoms with Crippen molar-refractivity contribution >= 4 is 18.3 Å². The number of nitrogens with one attached hydrogen (secondary N) is 1. The van der Waals surface area contributed by atoms with Gasteiger partial charge in [-0.05, 0) is 19.4 Å². The molecule has 76 valence electrons. The number of carbonyl (C=O) groups excluding carboxylic acids is 1. The van der Waals surface area contributed by atoms with E-state index in [1.54, 1.807) is 0 Å². The van der Waals surface area contributed by atoms with Crippen LogP contribution in [0.2, 0.25) is 0 Å². The summed E-state index contributed by atoms with van der Waals surface area (Å²) in [6.07, 6.45) is 3.20. The molecule has 13 heavy (non-hydrogen) atoms. The molecule has 0 aromatic rings. The molecule has 1 atom stereocenters. The fourth-order valence-electron chi connectivity index (χ4n) is 2.42. The Hall–Kier alpha value is -0.280. The molecule has 2 fully saturated rings. The maximum Gasteiger partial charge on any atom is 0.223 e. The molecular weight excluding hydrogens is 188 g/mol. The third-order valence-corrected chi connectivity index (χ3v) is 3.09. The van der Waals surface area contributed by atoms with Gasteiger partial charge in [-0.25, -0.2) is 0 Å². The summed E-state index contributed by atoms with van der Waals surface area (Å²) in [5.74, 6) is 0.318. The fraction of sp³-hybridized carbons (Fsp3) is 0.889. The topological polar surface area (TPSA) is 32.3 Å². The van der Waals surface area contributed by atoms with E-state index >= 15 is 0 Å². The normalized spacial score (nSPS) is 33.6. The lowest BCUT2D eigenvalue weighted by molar-refractivity contribution is -0.126. The molecule has 0 radical (unpaired) electrons. The van der Waals surface area contributed by atoms with E-state index in [0.29, 0.717) is 5.91 Å². The maximum absolute atomic E-state index is 11.3. The van der Waals surface area contributed by atoms with Crippen LogP contribution in [0.1, 0.15) is 19.3 Å². The highest BCUT2D eigenvalue weighted by Crippen LogP contribution is 2.36. The number of halogens is 1. The van der Waals surface area contributed by atoms with Crippen LogP contribution in [0.25, 0.3) is 0 Å². The van der Waals surface area contributed by atoms with E-state index < -0.39 is 0 Å². The molecule has 2 heterocycles. The van der Waals surface area contributed by atoms with Crippen LogP contribution in [0.3, 0.4) is 0 Å². The molecule has 1 amide bonds. The molecule has 2 rings (SSSR count). The van der Waals surface area contributed by atoms with Gasteiger partial charge in [0, 0.05) is 32.0 Å². The van der Waals surface area contributed by atoms with Crippen LogP contribution in [-0.4, -0.2) is 37.5 Å². The molecule has 2 saturated heterocycles. The van der Waals surface area contributed by atoms with Crippen LogP contribution in [0.15, 0.2) is 0 Å². The van der Waals surface area contributed by atoms with Crippen LogP contribution >= 0.6 is 12.4 Å². The minimum Gasteiger partial charge on any atom is -0.345 e. The molecule has 0 bridgehead atoms. The predicted molar refractivity (Wildman–Crippen MR) is 54.0 cm³/mol. The first-order chi connectivity index (χ1) is 5.72. The summed E-state index contributed by atoms with van der Waals surface area (Å²) in [6, 6.07) is 0. The average Bonchev–Trinajstić information content (AvgIpc) is 2.29. The predicted octanol–water partition coefficient (Wildman–Crippen LogP) is 0.640. The first-order valence-corrected chi connectivity index (χ1v) is 4.67. The van der Waals surface area contributed by atoms with Crippen molar-refractivity contribution in [3.8, 4) is 0 Å². The first kappa shape index (κ1) is 10.8. The van der Waals surface area contributed by atoms with E-state index in [9.17, 15) is 4.79 Å². The number of likely N-dealkylation sites (tertiary alicyclic amines) is 1. The summed E-state index contributed by atoms with van der Waals surface area (Å²) in [6.45, 7) is 3.11. The van der Waals surface area contributed by atoms with Gasteiger partial charge in [-0.15, -0.1) is 12.4 Å². The molecule has 0 aliphatic carbocycles.